The maximum Gasteiger partial charge on any atom is 0.225 e. The van der Waals surface area contributed by atoms with E-state index in [0.717, 1.165) is 55.2 Å². The highest BCUT2D eigenvalue weighted by molar-refractivity contribution is 7.11. The number of nitrogens with zero attached hydrogens (tertiary/aromatic N) is 3. The summed E-state index contributed by atoms with van der Waals surface area (Å²) < 4.78 is 0. The molecule has 1 aromatic rings. The number of carbonyl (C=O) groups is 1. The summed E-state index contributed by atoms with van der Waals surface area (Å²) in [7, 11) is 0. The average molecular weight is 336 g/mol. The van der Waals surface area contributed by atoms with Crippen molar-refractivity contribution >= 4 is 17.2 Å². The van der Waals surface area contributed by atoms with Crippen molar-refractivity contribution in [1.29, 1.82) is 0 Å². The van der Waals surface area contributed by atoms with Crippen molar-refractivity contribution in [2.24, 2.45) is 11.8 Å². The molecule has 1 aliphatic heterocycles. The minimum atomic E-state index is 0.286. The number of aromatic nitrogens is 2. The average Bonchev–Trinajstić information content (AvgIpc) is 3.03. The number of hydrogen-bond donors (Lipinski definition) is 0. The van der Waals surface area contributed by atoms with E-state index in [1.807, 2.05) is 0 Å². The Labute approximate surface area is 143 Å². The number of hydrogen-bond acceptors (Lipinski definition) is 4. The molecule has 0 bridgehead atoms. The van der Waals surface area contributed by atoms with E-state index in [1.165, 1.54) is 19.3 Å². The van der Waals surface area contributed by atoms with Crippen LogP contribution in [0.2, 0.25) is 0 Å². The topological polar surface area (TPSA) is 46.1 Å². The highest BCUT2D eigenvalue weighted by atomic mass is 32.1. The van der Waals surface area contributed by atoms with Crippen molar-refractivity contribution in [2.75, 3.05) is 13.1 Å². The van der Waals surface area contributed by atoms with E-state index in [4.69, 9.17) is 0 Å². The van der Waals surface area contributed by atoms with Gasteiger partial charge in [0.25, 0.3) is 0 Å². The van der Waals surface area contributed by atoms with E-state index >= 15 is 0 Å². The normalized spacial score (nSPS) is 23.4. The zero-order valence-electron chi connectivity index (χ0n) is 14.5. The van der Waals surface area contributed by atoms with Crippen molar-refractivity contribution < 1.29 is 4.79 Å². The fraction of sp³-hybridized carbons (Fsp3) is 0.833. The third-order valence-electron chi connectivity index (χ3n) is 5.10. The first kappa shape index (κ1) is 16.9. The Morgan fingerprint density at radius 1 is 1.17 bits per heavy atom. The number of likely N-dealkylation sites (tertiary alicyclic amines) is 1. The summed E-state index contributed by atoms with van der Waals surface area (Å²) in [4.78, 5) is 14.9. The van der Waals surface area contributed by atoms with Crippen LogP contribution < -0.4 is 0 Å². The molecular weight excluding hydrogens is 306 g/mol. The van der Waals surface area contributed by atoms with Gasteiger partial charge in [0.15, 0.2) is 0 Å². The van der Waals surface area contributed by atoms with Crippen LogP contribution in [0.4, 0.5) is 0 Å². The van der Waals surface area contributed by atoms with Gasteiger partial charge >= 0.3 is 0 Å². The van der Waals surface area contributed by atoms with E-state index in [2.05, 4.69) is 28.9 Å². The lowest BCUT2D eigenvalue weighted by molar-refractivity contribution is -0.137. The van der Waals surface area contributed by atoms with Gasteiger partial charge < -0.3 is 4.90 Å². The molecule has 1 aliphatic carbocycles. The Balaban J connectivity index is 1.61. The van der Waals surface area contributed by atoms with E-state index in [9.17, 15) is 4.79 Å². The summed E-state index contributed by atoms with van der Waals surface area (Å²) in [6, 6.07) is 0. The van der Waals surface area contributed by atoms with Gasteiger partial charge in [-0.2, -0.15) is 0 Å². The van der Waals surface area contributed by atoms with Crippen LogP contribution >= 0.6 is 11.3 Å². The van der Waals surface area contributed by atoms with Gasteiger partial charge in [0, 0.05) is 31.3 Å². The van der Waals surface area contributed by atoms with Crippen molar-refractivity contribution in [3.8, 4) is 0 Å². The van der Waals surface area contributed by atoms with Gasteiger partial charge in [-0.25, -0.2) is 0 Å². The summed E-state index contributed by atoms with van der Waals surface area (Å²) >= 11 is 1.76. The predicted octanol–water partition coefficient (Wildman–Crippen LogP) is 4.02. The van der Waals surface area contributed by atoms with Crippen LogP contribution in [0.1, 0.15) is 74.7 Å². The molecule has 0 spiro atoms. The van der Waals surface area contributed by atoms with Crippen LogP contribution in [0.25, 0.3) is 0 Å². The maximum absolute atomic E-state index is 12.8. The Morgan fingerprint density at radius 3 is 2.70 bits per heavy atom. The highest BCUT2D eigenvalue weighted by Crippen LogP contribution is 2.32. The van der Waals surface area contributed by atoms with Crippen LogP contribution in [0, 0.1) is 11.8 Å². The van der Waals surface area contributed by atoms with E-state index in [-0.39, 0.29) is 5.92 Å². The van der Waals surface area contributed by atoms with Crippen molar-refractivity contribution in [2.45, 2.75) is 71.1 Å². The molecule has 1 atom stereocenters. The zero-order chi connectivity index (χ0) is 16.2. The molecule has 23 heavy (non-hydrogen) atoms. The largest absolute Gasteiger partial charge is 0.342 e. The molecule has 0 N–H and O–H groups in total. The molecule has 1 unspecified atom stereocenters. The smallest absolute Gasteiger partial charge is 0.225 e. The fourth-order valence-corrected chi connectivity index (χ4v) is 5.03. The fourth-order valence-electron chi connectivity index (χ4n) is 3.85. The molecule has 1 amide bonds. The third-order valence-corrected chi connectivity index (χ3v) is 6.21. The van der Waals surface area contributed by atoms with Crippen molar-refractivity contribution in [3.05, 3.63) is 10.0 Å². The Morgan fingerprint density at radius 2 is 1.96 bits per heavy atom. The molecule has 1 saturated heterocycles. The molecule has 4 nitrogen and oxygen atoms in total. The Hall–Kier alpha value is -0.970. The first-order valence-electron chi connectivity index (χ1n) is 9.24. The second-order valence-electron chi connectivity index (χ2n) is 7.59. The minimum absolute atomic E-state index is 0.286. The van der Waals surface area contributed by atoms with Crippen molar-refractivity contribution in [3.63, 3.8) is 0 Å². The monoisotopic (exact) mass is 335 g/mol. The zero-order valence-corrected chi connectivity index (χ0v) is 15.3. The van der Waals surface area contributed by atoms with Crippen LogP contribution in [0.5, 0.6) is 0 Å². The van der Waals surface area contributed by atoms with Gasteiger partial charge in [-0.1, -0.05) is 33.1 Å². The number of carbonyl (C=O) groups excluding carboxylic acids is 1. The second-order valence-corrected chi connectivity index (χ2v) is 8.68. The molecule has 1 saturated carbocycles. The second kappa shape index (κ2) is 7.73. The maximum atomic E-state index is 12.8. The molecule has 0 radical (unpaired) electrons. The Kier molecular flexibility index (Phi) is 5.67. The number of rotatable bonds is 4. The summed E-state index contributed by atoms with van der Waals surface area (Å²) in [6.07, 6.45) is 9.19. The molecule has 1 aromatic heterocycles. The Bertz CT molecular complexity index is 522. The lowest BCUT2D eigenvalue weighted by Crippen LogP contribution is -2.42. The molecule has 0 aromatic carbocycles. The lowest BCUT2D eigenvalue weighted by Gasteiger charge is -2.35. The molecule has 128 valence electrons. The molecule has 3 rings (SSSR count). The van der Waals surface area contributed by atoms with Crippen molar-refractivity contribution in [1.82, 2.24) is 15.1 Å². The summed E-state index contributed by atoms with van der Waals surface area (Å²) in [5.41, 5.74) is 0. The summed E-state index contributed by atoms with van der Waals surface area (Å²) in [6.45, 7) is 6.22. The van der Waals surface area contributed by atoms with E-state index in [0.29, 0.717) is 17.7 Å². The number of piperidine rings is 1. The van der Waals surface area contributed by atoms with Gasteiger partial charge in [0.05, 0.1) is 0 Å². The van der Waals surface area contributed by atoms with Crippen LogP contribution in [-0.4, -0.2) is 34.1 Å². The van der Waals surface area contributed by atoms with Gasteiger partial charge in [-0.05, 0) is 31.6 Å². The van der Waals surface area contributed by atoms with Crippen LogP contribution in [0.3, 0.4) is 0 Å². The quantitative estimate of drug-likeness (QED) is 0.835. The SMILES string of the molecule is CC(C)Cc1nnc(C2CCCN(C(=O)C3CCCCC3)C2)s1. The molecule has 2 heterocycles. The highest BCUT2D eigenvalue weighted by Gasteiger charge is 2.31. The third kappa shape index (κ3) is 4.31. The molecule has 5 heteroatoms. The van der Waals surface area contributed by atoms with Gasteiger partial charge in [-0.15, -0.1) is 21.5 Å². The van der Waals surface area contributed by atoms with Gasteiger partial charge in [0.2, 0.25) is 5.91 Å². The lowest BCUT2D eigenvalue weighted by atomic mass is 9.87. The van der Waals surface area contributed by atoms with Gasteiger partial charge in [-0.3, -0.25) is 4.79 Å². The predicted molar refractivity (Wildman–Crippen MR) is 93.6 cm³/mol. The first-order chi connectivity index (χ1) is 11.1. The molecule has 2 fully saturated rings. The molecule has 2 aliphatic rings. The van der Waals surface area contributed by atoms with E-state index < -0.39 is 0 Å². The number of amides is 1. The van der Waals surface area contributed by atoms with Gasteiger partial charge in [0.1, 0.15) is 10.0 Å². The van der Waals surface area contributed by atoms with Crippen LogP contribution in [-0.2, 0) is 11.2 Å². The molecular formula is C18H29N3OS. The van der Waals surface area contributed by atoms with E-state index in [1.54, 1.807) is 11.3 Å². The minimum Gasteiger partial charge on any atom is -0.342 e. The standard InChI is InChI=1S/C18H29N3OS/c1-13(2)11-16-19-20-17(23-16)15-9-6-10-21(12-15)18(22)14-7-4-3-5-8-14/h13-15H,3-12H2,1-2H3. The first-order valence-corrected chi connectivity index (χ1v) is 10.1. The summed E-state index contributed by atoms with van der Waals surface area (Å²) in [5.74, 6) is 1.70. The van der Waals surface area contributed by atoms with Crippen LogP contribution in [0.15, 0.2) is 0 Å². The summed E-state index contributed by atoms with van der Waals surface area (Å²) in [5, 5.41) is 11.1.